The second kappa shape index (κ2) is 18.1. The Kier molecular flexibility index (Phi) is 14.3. The number of hydrogen-bond acceptors (Lipinski definition) is 12. The van der Waals surface area contributed by atoms with Crippen LogP contribution >= 0.6 is 21.6 Å². The van der Waals surface area contributed by atoms with E-state index >= 15 is 0 Å². The first-order valence-corrected chi connectivity index (χ1v) is 17.2. The number of rotatable bonds is 19. The second-order valence-electron chi connectivity index (χ2n) is 10.6. The van der Waals surface area contributed by atoms with Gasteiger partial charge in [0.2, 0.25) is 5.91 Å². The summed E-state index contributed by atoms with van der Waals surface area (Å²) in [6.07, 6.45) is 2.53. The number of esters is 1. The fraction of sp³-hybridized carbons (Fsp3) is 0.452. The van der Waals surface area contributed by atoms with Gasteiger partial charge in [0.1, 0.15) is 12.4 Å². The van der Waals surface area contributed by atoms with E-state index in [-0.39, 0.29) is 66.5 Å². The van der Waals surface area contributed by atoms with E-state index < -0.39 is 23.9 Å². The minimum atomic E-state index is -1.16. The number of aliphatic carboxylic acids is 1. The van der Waals surface area contributed by atoms with Crippen LogP contribution in [0.4, 0.5) is 0 Å². The Hall–Kier alpha value is -4.11. The number of benzene rings is 1. The van der Waals surface area contributed by atoms with Crippen molar-refractivity contribution >= 4 is 62.2 Å². The average Bonchev–Trinajstić information content (AvgIpc) is 3.01. The van der Waals surface area contributed by atoms with Crippen LogP contribution in [0.2, 0.25) is 0 Å². The van der Waals surface area contributed by atoms with Gasteiger partial charge in [-0.05, 0) is 45.6 Å². The lowest BCUT2D eigenvalue weighted by atomic mass is 9.93. The van der Waals surface area contributed by atoms with E-state index in [1.807, 2.05) is 0 Å². The Labute approximate surface area is 273 Å². The number of aryl methyl sites for hydroxylation is 3. The minimum Gasteiger partial charge on any atom is -0.481 e. The van der Waals surface area contributed by atoms with Crippen LogP contribution in [0.5, 0.6) is 0 Å². The molecule has 0 aliphatic heterocycles. The Morgan fingerprint density at radius 2 is 1.74 bits per heavy atom. The molecule has 246 valence electrons. The highest BCUT2D eigenvalue weighted by molar-refractivity contribution is 8.76. The Morgan fingerprint density at radius 3 is 2.43 bits per heavy atom. The molecule has 0 bridgehead atoms. The highest BCUT2D eigenvalue weighted by Gasteiger charge is 2.23. The lowest BCUT2D eigenvalue weighted by Gasteiger charge is -2.12. The molecule has 0 unspecified atom stereocenters. The lowest BCUT2D eigenvalue weighted by Crippen LogP contribution is -2.37. The maximum absolute atomic E-state index is 12.8. The smallest absolute Gasteiger partial charge is 0.306 e. The number of carboxylic acids is 1. The topological polar surface area (TPSA) is 198 Å². The van der Waals surface area contributed by atoms with E-state index in [2.05, 4.69) is 25.3 Å². The number of nitrogens with zero attached hydrogens (tertiary/aromatic N) is 3. The van der Waals surface area contributed by atoms with Gasteiger partial charge in [-0.2, -0.15) is 0 Å². The summed E-state index contributed by atoms with van der Waals surface area (Å²) in [7, 11) is 2.88. The van der Waals surface area contributed by atoms with Gasteiger partial charge in [-0.25, -0.2) is 15.0 Å². The summed E-state index contributed by atoms with van der Waals surface area (Å²) in [6, 6.07) is 6.34. The fourth-order valence-electron chi connectivity index (χ4n) is 4.19. The molecule has 46 heavy (non-hydrogen) atoms. The van der Waals surface area contributed by atoms with Crippen molar-refractivity contribution in [3.05, 3.63) is 63.5 Å². The zero-order valence-electron chi connectivity index (χ0n) is 25.9. The van der Waals surface area contributed by atoms with Crippen LogP contribution in [0.25, 0.3) is 11.2 Å². The lowest BCUT2D eigenvalue weighted by molar-refractivity contribution is -0.145. The number of hydrogen-bond donors (Lipinski definition) is 3. The summed E-state index contributed by atoms with van der Waals surface area (Å²) in [5.74, 6) is -1.90. The van der Waals surface area contributed by atoms with Gasteiger partial charge in [0.05, 0.1) is 23.9 Å². The van der Waals surface area contributed by atoms with Gasteiger partial charge < -0.3 is 20.1 Å². The number of ketones is 2. The fourth-order valence-corrected chi connectivity index (χ4v) is 6.01. The molecule has 0 spiro atoms. The van der Waals surface area contributed by atoms with E-state index in [0.29, 0.717) is 41.4 Å². The first-order valence-electron chi connectivity index (χ1n) is 14.7. The Bertz CT molecular complexity index is 1610. The van der Waals surface area contributed by atoms with Crippen molar-refractivity contribution in [2.45, 2.75) is 65.3 Å². The maximum Gasteiger partial charge on any atom is 0.306 e. The monoisotopic (exact) mass is 671 g/mol. The van der Waals surface area contributed by atoms with Crippen molar-refractivity contribution in [3.8, 4) is 0 Å². The number of fused-ring (bicyclic) bond motifs is 1. The third kappa shape index (κ3) is 12.0. The number of nitrogens with one attached hydrogen (secondary N) is 2. The number of carbonyl (C=O) groups excluding carboxylic acids is 4. The van der Waals surface area contributed by atoms with E-state index in [0.717, 1.165) is 5.56 Å². The zero-order chi connectivity index (χ0) is 33.6. The molecule has 3 aromatic rings. The van der Waals surface area contributed by atoms with Crippen molar-refractivity contribution in [2.75, 3.05) is 18.1 Å². The Balaban J connectivity index is 1.36. The summed E-state index contributed by atoms with van der Waals surface area (Å²) in [4.78, 5) is 87.2. The van der Waals surface area contributed by atoms with Crippen LogP contribution in [0.3, 0.4) is 0 Å². The van der Waals surface area contributed by atoms with Crippen LogP contribution in [0.15, 0.2) is 35.3 Å². The Morgan fingerprint density at radius 1 is 1.02 bits per heavy atom. The molecule has 0 radical (unpaired) electrons. The predicted octanol–water partition coefficient (Wildman–Crippen LogP) is 3.27. The van der Waals surface area contributed by atoms with Crippen molar-refractivity contribution in [1.82, 2.24) is 25.3 Å². The number of aromatic amines is 1. The summed E-state index contributed by atoms with van der Waals surface area (Å²) in [5.41, 5.74) is 2.04. The maximum atomic E-state index is 12.8. The van der Waals surface area contributed by atoms with Gasteiger partial charge in [-0.3, -0.25) is 28.8 Å². The number of H-pyrrole nitrogens is 1. The molecule has 3 rings (SSSR count). The highest BCUT2D eigenvalue weighted by Crippen LogP contribution is 2.22. The number of carboxylic acid groups (broad SMARTS) is 1. The molecular formula is C31H37N5O8S2. The molecule has 1 aromatic carbocycles. The van der Waals surface area contributed by atoms with Crippen LogP contribution in [-0.2, 0) is 36.8 Å². The largest absolute Gasteiger partial charge is 0.481 e. The number of ether oxygens (including phenoxy) is 1. The minimum absolute atomic E-state index is 0.0294. The predicted molar refractivity (Wildman–Crippen MR) is 175 cm³/mol. The number of Topliss-reactive ketones (excluding diaryl/α,β-unsaturated/α-hetero) is 2. The van der Waals surface area contributed by atoms with Crippen molar-refractivity contribution in [3.63, 3.8) is 0 Å². The molecule has 2 atom stereocenters. The van der Waals surface area contributed by atoms with Gasteiger partial charge in [0, 0.05) is 36.3 Å². The van der Waals surface area contributed by atoms with E-state index in [9.17, 15) is 33.9 Å². The van der Waals surface area contributed by atoms with Crippen LogP contribution in [-0.4, -0.2) is 78.6 Å². The average molecular weight is 672 g/mol. The van der Waals surface area contributed by atoms with Gasteiger partial charge in [-0.1, -0.05) is 45.9 Å². The SMILES string of the molecule is CC(=O)[C@H](C)NC(=O)CCSSCCOC(=O)CC[C@H](CC(=O)c1ccc(CCc2cnc3nc(C)[nH]c(=O)c3n2)cc1)C(=O)O. The number of amides is 1. The first-order chi connectivity index (χ1) is 21.9. The van der Waals surface area contributed by atoms with Crippen LogP contribution in [0.1, 0.15) is 67.0 Å². The molecule has 0 saturated carbocycles. The summed E-state index contributed by atoms with van der Waals surface area (Å²) in [5, 5.41) is 12.2. The molecule has 0 aliphatic carbocycles. The van der Waals surface area contributed by atoms with Crippen LogP contribution < -0.4 is 10.9 Å². The van der Waals surface area contributed by atoms with Crippen molar-refractivity contribution in [1.29, 1.82) is 0 Å². The summed E-state index contributed by atoms with van der Waals surface area (Å²) in [6.45, 7) is 4.85. The standard InChI is InChI=1S/C31H37N5O8S2/c1-18(19(2)37)33-26(39)12-14-45-46-15-13-44-27(40)11-9-23(31(42)43)16-25(38)22-7-4-21(5-8-22)6-10-24-17-32-29-28(36-24)30(41)35-20(3)34-29/h4-5,7-8,17-18,23H,6,9-16H2,1-3H3,(H,33,39)(H,42,43)(H,32,34,35,41)/t18-,23+/m0/s1. The quantitative estimate of drug-likeness (QED) is 0.0727. The van der Waals surface area contributed by atoms with E-state index in [4.69, 9.17) is 4.74 Å². The normalized spacial score (nSPS) is 12.3. The highest BCUT2D eigenvalue weighted by atomic mass is 33.1. The zero-order valence-corrected chi connectivity index (χ0v) is 27.5. The third-order valence-corrected chi connectivity index (χ3v) is 9.29. The van der Waals surface area contributed by atoms with E-state index in [1.54, 1.807) is 44.3 Å². The molecule has 15 heteroatoms. The number of carbonyl (C=O) groups is 5. The molecule has 0 aliphatic rings. The number of aromatic nitrogens is 4. The molecule has 0 saturated heterocycles. The third-order valence-electron chi connectivity index (χ3n) is 6.92. The molecule has 2 aromatic heterocycles. The summed E-state index contributed by atoms with van der Waals surface area (Å²) < 4.78 is 5.17. The second-order valence-corrected chi connectivity index (χ2v) is 13.3. The van der Waals surface area contributed by atoms with E-state index in [1.165, 1.54) is 28.5 Å². The molecular weight excluding hydrogens is 635 g/mol. The van der Waals surface area contributed by atoms with Gasteiger partial charge in [0.25, 0.3) is 5.56 Å². The summed E-state index contributed by atoms with van der Waals surface area (Å²) >= 11 is 0. The molecule has 1 amide bonds. The first kappa shape index (κ1) is 36.4. The molecule has 2 heterocycles. The molecule has 3 N–H and O–H groups in total. The van der Waals surface area contributed by atoms with Gasteiger partial charge >= 0.3 is 11.9 Å². The van der Waals surface area contributed by atoms with Crippen LogP contribution in [0, 0.1) is 12.8 Å². The van der Waals surface area contributed by atoms with Crippen molar-refractivity contribution in [2.24, 2.45) is 5.92 Å². The molecule has 0 fully saturated rings. The molecule has 13 nitrogen and oxygen atoms in total. The van der Waals surface area contributed by atoms with Crippen molar-refractivity contribution < 1.29 is 33.8 Å². The van der Waals surface area contributed by atoms with Gasteiger partial charge in [0.15, 0.2) is 22.7 Å². The van der Waals surface area contributed by atoms with Gasteiger partial charge in [-0.15, -0.1) is 0 Å².